The van der Waals surface area contributed by atoms with Crippen molar-refractivity contribution < 1.29 is 19.4 Å². The van der Waals surface area contributed by atoms with Gasteiger partial charge in [0.1, 0.15) is 0 Å². The Morgan fingerprint density at radius 1 is 1.35 bits per heavy atom. The molecule has 1 atom stereocenters. The van der Waals surface area contributed by atoms with Crippen LogP contribution in [0.2, 0.25) is 0 Å². The van der Waals surface area contributed by atoms with Gasteiger partial charge < -0.3 is 20.1 Å². The molecule has 1 heterocycles. The van der Waals surface area contributed by atoms with Gasteiger partial charge in [0, 0.05) is 25.2 Å². The molecule has 2 rings (SSSR count). The first kappa shape index (κ1) is 18.0. The second-order valence-corrected chi connectivity index (χ2v) is 6.46. The molecule has 0 aromatic heterocycles. The van der Waals surface area contributed by atoms with Crippen molar-refractivity contribution >= 4 is 12.0 Å². The number of carbonyl (C=O) groups is 2. The van der Waals surface area contributed by atoms with Crippen LogP contribution in [0.3, 0.4) is 0 Å². The number of nitrogens with one attached hydrogen (secondary N) is 1. The highest BCUT2D eigenvalue weighted by Crippen LogP contribution is 2.26. The summed E-state index contributed by atoms with van der Waals surface area (Å²) in [5, 5.41) is 12.0. The third-order valence-corrected chi connectivity index (χ3v) is 4.74. The highest BCUT2D eigenvalue weighted by molar-refractivity contribution is 5.74. The molecule has 2 N–H and O–H groups in total. The van der Waals surface area contributed by atoms with Gasteiger partial charge in [-0.25, -0.2) is 4.79 Å². The molecule has 0 aromatic rings. The highest BCUT2D eigenvalue weighted by Gasteiger charge is 2.36. The molecule has 0 aromatic carbocycles. The fraction of sp³-hybridized carbons (Fsp3) is 0.875. The Labute approximate surface area is 138 Å². The fourth-order valence-corrected chi connectivity index (χ4v) is 3.34. The molecule has 2 fully saturated rings. The van der Waals surface area contributed by atoms with Gasteiger partial charge in [-0.1, -0.05) is 20.3 Å². The Morgan fingerprint density at radius 3 is 2.70 bits per heavy atom. The lowest BCUT2D eigenvalue weighted by Crippen LogP contribution is -2.58. The van der Waals surface area contributed by atoms with E-state index in [4.69, 9.17) is 9.84 Å². The number of rotatable bonds is 7. The molecule has 0 bridgehead atoms. The van der Waals surface area contributed by atoms with Crippen LogP contribution >= 0.6 is 0 Å². The normalized spacial score (nSPS) is 27.6. The molecule has 1 saturated carbocycles. The second-order valence-electron chi connectivity index (χ2n) is 6.46. The van der Waals surface area contributed by atoms with E-state index in [1.54, 1.807) is 0 Å². The predicted molar refractivity (Wildman–Crippen MR) is 86.4 cm³/mol. The molecule has 7 heteroatoms. The van der Waals surface area contributed by atoms with Crippen LogP contribution < -0.4 is 5.32 Å². The van der Waals surface area contributed by atoms with E-state index in [0.717, 1.165) is 32.2 Å². The zero-order valence-electron chi connectivity index (χ0n) is 14.2. The van der Waals surface area contributed by atoms with Crippen molar-refractivity contribution in [1.82, 2.24) is 15.1 Å². The molecular formula is C16H29N3O4. The molecule has 23 heavy (non-hydrogen) atoms. The minimum absolute atomic E-state index is 0.0147. The van der Waals surface area contributed by atoms with E-state index in [0.29, 0.717) is 19.7 Å². The van der Waals surface area contributed by atoms with Crippen LogP contribution in [0.5, 0.6) is 0 Å². The minimum Gasteiger partial charge on any atom is -0.480 e. The highest BCUT2D eigenvalue weighted by atomic mass is 16.5. The topological polar surface area (TPSA) is 82.1 Å². The smallest absolute Gasteiger partial charge is 0.317 e. The summed E-state index contributed by atoms with van der Waals surface area (Å²) in [6.45, 7) is 6.79. The van der Waals surface area contributed by atoms with Gasteiger partial charge >= 0.3 is 12.0 Å². The fourth-order valence-electron chi connectivity index (χ4n) is 3.34. The Morgan fingerprint density at radius 2 is 2.09 bits per heavy atom. The van der Waals surface area contributed by atoms with Crippen LogP contribution in [-0.4, -0.2) is 77.9 Å². The standard InChI is InChI=1S/C16H29N3O4/c1-3-5-14-10-19(6-7-23-14)16(22)17-12-8-13(9-12)18(4-2)11-15(20)21/h12-14H,3-11H2,1-2H3,(H,17,22)(H,20,21). The molecule has 2 amide bonds. The lowest BCUT2D eigenvalue weighted by Gasteiger charge is -2.43. The zero-order valence-corrected chi connectivity index (χ0v) is 14.2. The third kappa shape index (κ3) is 5.07. The molecule has 2 aliphatic rings. The number of morpholine rings is 1. The Bertz CT molecular complexity index is 410. The van der Waals surface area contributed by atoms with Crippen LogP contribution in [0.1, 0.15) is 39.5 Å². The van der Waals surface area contributed by atoms with Gasteiger partial charge in [0.15, 0.2) is 0 Å². The Balaban J connectivity index is 1.72. The summed E-state index contributed by atoms with van der Waals surface area (Å²) in [6.07, 6.45) is 3.85. The quantitative estimate of drug-likeness (QED) is 0.733. The van der Waals surface area contributed by atoms with Crippen LogP contribution in [-0.2, 0) is 9.53 Å². The number of carboxylic acids is 1. The summed E-state index contributed by atoms with van der Waals surface area (Å²) in [4.78, 5) is 27.0. The molecular weight excluding hydrogens is 298 g/mol. The second kappa shape index (κ2) is 8.49. The molecule has 0 radical (unpaired) electrons. The number of hydrogen-bond donors (Lipinski definition) is 2. The molecule has 1 aliphatic heterocycles. The van der Waals surface area contributed by atoms with Gasteiger partial charge in [-0.15, -0.1) is 0 Å². The van der Waals surface area contributed by atoms with Gasteiger partial charge in [-0.05, 0) is 25.8 Å². The van der Waals surface area contributed by atoms with E-state index >= 15 is 0 Å². The summed E-state index contributed by atoms with van der Waals surface area (Å²) in [6, 6.07) is 0.404. The summed E-state index contributed by atoms with van der Waals surface area (Å²) in [5.74, 6) is -0.797. The zero-order chi connectivity index (χ0) is 16.8. The maximum atomic E-state index is 12.3. The van der Waals surface area contributed by atoms with Gasteiger partial charge in [-0.3, -0.25) is 9.69 Å². The van der Waals surface area contributed by atoms with Gasteiger partial charge in [-0.2, -0.15) is 0 Å². The third-order valence-electron chi connectivity index (χ3n) is 4.74. The van der Waals surface area contributed by atoms with Crippen LogP contribution in [0.15, 0.2) is 0 Å². The Hall–Kier alpha value is -1.34. The predicted octanol–water partition coefficient (Wildman–Crippen LogP) is 1.13. The largest absolute Gasteiger partial charge is 0.480 e. The number of nitrogens with zero attached hydrogens (tertiary/aromatic N) is 2. The Kier molecular flexibility index (Phi) is 6.65. The number of carboxylic acid groups (broad SMARTS) is 1. The average molecular weight is 327 g/mol. The van der Waals surface area contributed by atoms with Crippen LogP contribution in [0.4, 0.5) is 4.79 Å². The summed E-state index contributed by atoms with van der Waals surface area (Å²) < 4.78 is 5.66. The van der Waals surface area contributed by atoms with Gasteiger partial charge in [0.05, 0.1) is 19.3 Å². The van der Waals surface area contributed by atoms with Crippen molar-refractivity contribution in [3.63, 3.8) is 0 Å². The van der Waals surface area contributed by atoms with Gasteiger partial charge in [0.2, 0.25) is 0 Å². The summed E-state index contributed by atoms with van der Waals surface area (Å²) >= 11 is 0. The SMILES string of the molecule is CCCC1CN(C(=O)NC2CC(N(CC)CC(=O)O)C2)CCO1. The molecule has 1 unspecified atom stereocenters. The van der Waals surface area contributed by atoms with E-state index in [1.165, 1.54) is 0 Å². The first-order valence-electron chi connectivity index (χ1n) is 8.66. The first-order chi connectivity index (χ1) is 11.0. The van der Waals surface area contributed by atoms with E-state index < -0.39 is 5.97 Å². The average Bonchev–Trinajstić information content (AvgIpc) is 2.48. The molecule has 132 valence electrons. The van der Waals surface area contributed by atoms with Crippen molar-refractivity contribution in [2.45, 2.75) is 57.7 Å². The lowest BCUT2D eigenvalue weighted by atomic mass is 9.85. The maximum absolute atomic E-state index is 12.3. The number of aliphatic carboxylic acids is 1. The molecule has 1 aliphatic carbocycles. The number of likely N-dealkylation sites (N-methyl/N-ethyl adjacent to an activating group) is 1. The number of hydrogen-bond acceptors (Lipinski definition) is 4. The number of ether oxygens (including phenoxy) is 1. The van der Waals surface area contributed by atoms with Crippen molar-refractivity contribution in [2.24, 2.45) is 0 Å². The van der Waals surface area contributed by atoms with Crippen molar-refractivity contribution in [3.05, 3.63) is 0 Å². The number of carbonyl (C=O) groups excluding carboxylic acids is 1. The lowest BCUT2D eigenvalue weighted by molar-refractivity contribution is -0.139. The van der Waals surface area contributed by atoms with Crippen molar-refractivity contribution in [3.8, 4) is 0 Å². The van der Waals surface area contributed by atoms with Crippen LogP contribution in [0, 0.1) is 0 Å². The van der Waals surface area contributed by atoms with E-state index in [1.807, 2.05) is 16.7 Å². The maximum Gasteiger partial charge on any atom is 0.317 e. The monoisotopic (exact) mass is 327 g/mol. The van der Waals surface area contributed by atoms with E-state index in [2.05, 4.69) is 12.2 Å². The van der Waals surface area contributed by atoms with Crippen LogP contribution in [0.25, 0.3) is 0 Å². The minimum atomic E-state index is -0.797. The van der Waals surface area contributed by atoms with Crippen molar-refractivity contribution in [2.75, 3.05) is 32.8 Å². The summed E-state index contributed by atoms with van der Waals surface area (Å²) in [5.41, 5.74) is 0. The number of urea groups is 1. The molecule has 1 saturated heterocycles. The first-order valence-corrected chi connectivity index (χ1v) is 8.66. The van der Waals surface area contributed by atoms with E-state index in [-0.39, 0.29) is 30.8 Å². The molecule has 0 spiro atoms. The van der Waals surface area contributed by atoms with Gasteiger partial charge in [0.25, 0.3) is 0 Å². The number of amides is 2. The summed E-state index contributed by atoms with van der Waals surface area (Å²) in [7, 11) is 0. The van der Waals surface area contributed by atoms with E-state index in [9.17, 15) is 9.59 Å². The molecule has 7 nitrogen and oxygen atoms in total. The van der Waals surface area contributed by atoms with Crippen molar-refractivity contribution in [1.29, 1.82) is 0 Å².